The number of carbonyl (C=O) groups is 2. The highest BCUT2D eigenvalue weighted by atomic mass is 35.5. The average molecular weight is 534 g/mol. The van der Waals surface area contributed by atoms with Crippen molar-refractivity contribution in [3.63, 3.8) is 0 Å². The van der Waals surface area contributed by atoms with E-state index >= 15 is 0 Å². The Morgan fingerprint density at radius 3 is 2.25 bits per heavy atom. The number of nitrogens with one attached hydrogen (secondary N) is 1. The molecule has 0 aromatic heterocycles. The molecule has 36 heavy (non-hydrogen) atoms. The lowest BCUT2D eigenvalue weighted by atomic mass is 9.90. The van der Waals surface area contributed by atoms with Crippen molar-refractivity contribution in [3.05, 3.63) is 69.7 Å². The number of rotatable bonds is 9. The zero-order valence-electron chi connectivity index (χ0n) is 20.5. The molecule has 0 radical (unpaired) electrons. The summed E-state index contributed by atoms with van der Waals surface area (Å²) in [5, 5.41) is 4.30. The molecule has 0 bridgehead atoms. The maximum absolute atomic E-state index is 13.5. The molecule has 2 fully saturated rings. The van der Waals surface area contributed by atoms with Crippen molar-refractivity contribution in [2.75, 3.05) is 46.0 Å². The first-order valence-electron chi connectivity index (χ1n) is 12.5. The summed E-state index contributed by atoms with van der Waals surface area (Å²) in [6.07, 6.45) is 0.846. The highest BCUT2D eigenvalue weighted by Gasteiger charge is 2.44. The second-order valence-electron chi connectivity index (χ2n) is 9.13. The van der Waals surface area contributed by atoms with Crippen molar-refractivity contribution < 1.29 is 19.1 Å². The monoisotopic (exact) mass is 533 g/mol. The van der Waals surface area contributed by atoms with Gasteiger partial charge in [-0.2, -0.15) is 0 Å². The molecule has 0 unspecified atom stereocenters. The SMILES string of the molecule is CCC[C@@H](C(=O)NCCN1CCOCC1)N1C(=O)CO[C@H](c2ccc(Cl)cc2)[C@@H]1c1ccc(Cl)cc1. The lowest BCUT2D eigenvalue weighted by Gasteiger charge is -2.45. The van der Waals surface area contributed by atoms with E-state index in [0.717, 1.165) is 37.2 Å². The fourth-order valence-corrected chi connectivity index (χ4v) is 5.12. The van der Waals surface area contributed by atoms with E-state index in [2.05, 4.69) is 10.2 Å². The van der Waals surface area contributed by atoms with Gasteiger partial charge in [0, 0.05) is 36.2 Å². The average Bonchev–Trinajstić information content (AvgIpc) is 2.89. The molecule has 2 aromatic carbocycles. The molecule has 194 valence electrons. The molecule has 2 aromatic rings. The van der Waals surface area contributed by atoms with Crippen LogP contribution in [-0.4, -0.2) is 73.7 Å². The molecule has 2 aliphatic rings. The van der Waals surface area contributed by atoms with Crippen LogP contribution in [0.3, 0.4) is 0 Å². The third-order valence-electron chi connectivity index (χ3n) is 6.70. The van der Waals surface area contributed by atoms with Crippen LogP contribution in [0.25, 0.3) is 0 Å². The summed E-state index contributed by atoms with van der Waals surface area (Å²) in [4.78, 5) is 30.9. The van der Waals surface area contributed by atoms with Gasteiger partial charge in [-0.15, -0.1) is 0 Å². The van der Waals surface area contributed by atoms with Gasteiger partial charge in [-0.25, -0.2) is 0 Å². The summed E-state index contributed by atoms with van der Waals surface area (Å²) in [6.45, 7) is 6.33. The van der Waals surface area contributed by atoms with E-state index in [1.54, 1.807) is 17.0 Å². The standard InChI is InChI=1S/C27H33Cl2N3O4/c1-2-3-23(27(34)30-12-13-31-14-16-35-17-15-31)32-24(33)18-36-26(20-6-10-22(29)11-7-20)25(32)19-4-8-21(28)9-5-19/h4-11,23,25-26H,2-3,12-18H2,1H3,(H,30,34)/t23-,25-,26+/m0/s1. The second kappa shape index (κ2) is 12.9. The zero-order chi connectivity index (χ0) is 25.5. The maximum Gasteiger partial charge on any atom is 0.249 e. The summed E-state index contributed by atoms with van der Waals surface area (Å²) >= 11 is 12.3. The van der Waals surface area contributed by atoms with Gasteiger partial charge < -0.3 is 19.7 Å². The fraction of sp³-hybridized carbons (Fsp3) is 0.481. The summed E-state index contributed by atoms with van der Waals surface area (Å²) in [7, 11) is 0. The van der Waals surface area contributed by atoms with Crippen LogP contribution in [0.1, 0.15) is 43.0 Å². The Morgan fingerprint density at radius 2 is 1.64 bits per heavy atom. The van der Waals surface area contributed by atoms with Gasteiger partial charge in [0.15, 0.2) is 0 Å². The Labute approximate surface area is 222 Å². The number of carbonyl (C=O) groups excluding carboxylic acids is 2. The number of hydrogen-bond acceptors (Lipinski definition) is 5. The Bertz CT molecular complexity index is 1010. The van der Waals surface area contributed by atoms with Gasteiger partial charge in [-0.3, -0.25) is 14.5 Å². The number of morpholine rings is 2. The summed E-state index contributed by atoms with van der Waals surface area (Å²) in [6, 6.07) is 13.7. The van der Waals surface area contributed by atoms with E-state index in [0.29, 0.717) is 36.2 Å². The van der Waals surface area contributed by atoms with Crippen LogP contribution in [0.2, 0.25) is 10.0 Å². The van der Waals surface area contributed by atoms with Crippen LogP contribution in [0.4, 0.5) is 0 Å². The van der Waals surface area contributed by atoms with Gasteiger partial charge in [0.05, 0.1) is 19.3 Å². The van der Waals surface area contributed by atoms with E-state index in [4.69, 9.17) is 32.7 Å². The van der Waals surface area contributed by atoms with Gasteiger partial charge in [0.1, 0.15) is 18.8 Å². The molecule has 2 heterocycles. The molecular weight excluding hydrogens is 501 g/mol. The molecule has 2 amide bonds. The van der Waals surface area contributed by atoms with Gasteiger partial charge in [0.2, 0.25) is 11.8 Å². The quantitative estimate of drug-likeness (QED) is 0.521. The molecule has 7 nitrogen and oxygen atoms in total. The molecule has 1 N–H and O–H groups in total. The number of nitrogens with zero attached hydrogens (tertiary/aromatic N) is 2. The lowest BCUT2D eigenvalue weighted by molar-refractivity contribution is -0.167. The van der Waals surface area contributed by atoms with E-state index in [-0.39, 0.29) is 18.4 Å². The van der Waals surface area contributed by atoms with E-state index < -0.39 is 18.2 Å². The predicted octanol–water partition coefficient (Wildman–Crippen LogP) is 4.25. The largest absolute Gasteiger partial charge is 0.379 e. The van der Waals surface area contributed by atoms with Crippen molar-refractivity contribution in [1.82, 2.24) is 15.1 Å². The van der Waals surface area contributed by atoms with Gasteiger partial charge in [0.25, 0.3) is 0 Å². The molecule has 2 saturated heterocycles. The zero-order valence-corrected chi connectivity index (χ0v) is 22.0. The normalized spacial score (nSPS) is 21.9. The number of benzene rings is 2. The number of ether oxygens (including phenoxy) is 2. The maximum atomic E-state index is 13.5. The lowest BCUT2D eigenvalue weighted by Crippen LogP contribution is -2.56. The van der Waals surface area contributed by atoms with Gasteiger partial charge >= 0.3 is 0 Å². The van der Waals surface area contributed by atoms with Crippen LogP contribution in [0, 0.1) is 0 Å². The summed E-state index contributed by atoms with van der Waals surface area (Å²) in [5.41, 5.74) is 1.74. The highest BCUT2D eigenvalue weighted by molar-refractivity contribution is 6.30. The van der Waals surface area contributed by atoms with Crippen molar-refractivity contribution >= 4 is 35.0 Å². The van der Waals surface area contributed by atoms with Crippen molar-refractivity contribution in [3.8, 4) is 0 Å². The highest BCUT2D eigenvalue weighted by Crippen LogP contribution is 2.42. The first kappa shape index (κ1) is 26.9. The fourth-order valence-electron chi connectivity index (χ4n) is 4.87. The van der Waals surface area contributed by atoms with Crippen LogP contribution in [0.5, 0.6) is 0 Å². The third-order valence-corrected chi connectivity index (χ3v) is 7.21. The van der Waals surface area contributed by atoms with Crippen LogP contribution >= 0.6 is 23.2 Å². The predicted molar refractivity (Wildman–Crippen MR) is 140 cm³/mol. The van der Waals surface area contributed by atoms with E-state index in [1.165, 1.54) is 0 Å². The van der Waals surface area contributed by atoms with Crippen molar-refractivity contribution in [1.29, 1.82) is 0 Å². The Balaban J connectivity index is 1.61. The molecule has 0 aliphatic carbocycles. The van der Waals surface area contributed by atoms with E-state index in [9.17, 15) is 9.59 Å². The molecule has 0 saturated carbocycles. The summed E-state index contributed by atoms with van der Waals surface area (Å²) in [5.74, 6) is -0.351. The minimum Gasteiger partial charge on any atom is -0.379 e. The van der Waals surface area contributed by atoms with Gasteiger partial charge in [-0.05, 0) is 41.8 Å². The van der Waals surface area contributed by atoms with E-state index in [1.807, 2.05) is 43.3 Å². The smallest absolute Gasteiger partial charge is 0.249 e. The van der Waals surface area contributed by atoms with Gasteiger partial charge in [-0.1, -0.05) is 60.8 Å². The van der Waals surface area contributed by atoms with Crippen LogP contribution in [0.15, 0.2) is 48.5 Å². The Hall–Kier alpha value is -2.16. The Morgan fingerprint density at radius 1 is 1.03 bits per heavy atom. The number of amides is 2. The minimum atomic E-state index is -0.619. The molecular formula is C27H33Cl2N3O4. The summed E-state index contributed by atoms with van der Waals surface area (Å²) < 4.78 is 11.5. The molecule has 2 aliphatic heterocycles. The molecule has 9 heteroatoms. The van der Waals surface area contributed by atoms with Crippen LogP contribution in [-0.2, 0) is 19.1 Å². The number of hydrogen-bond donors (Lipinski definition) is 1. The molecule has 0 spiro atoms. The molecule has 3 atom stereocenters. The topological polar surface area (TPSA) is 71.1 Å². The second-order valence-corrected chi connectivity index (χ2v) is 10.0. The first-order chi connectivity index (χ1) is 17.5. The van der Waals surface area contributed by atoms with Crippen molar-refractivity contribution in [2.45, 2.75) is 38.0 Å². The minimum absolute atomic E-state index is 0.0986. The third kappa shape index (κ3) is 6.58. The van der Waals surface area contributed by atoms with Crippen LogP contribution < -0.4 is 5.32 Å². The van der Waals surface area contributed by atoms with Crippen molar-refractivity contribution in [2.24, 2.45) is 0 Å². The number of halogens is 2. The molecule has 4 rings (SSSR count). The first-order valence-corrected chi connectivity index (χ1v) is 13.2. The Kier molecular flexibility index (Phi) is 9.62.